The Labute approximate surface area is 153 Å². The third kappa shape index (κ3) is 3.05. The van der Waals surface area contributed by atoms with Gasteiger partial charge in [0.05, 0.1) is 15.5 Å². The standard InChI is InChI=1S/C18H24Cl2N2O2/c1-12-4-5-13(16(20)15(12)19)10-22-9-7-18(17(23)24)6-3-8-21(2)14(18)11-22/h4-5,14H,3,6-11H2,1-2H3,(H,23,24)/t14-,18+/m1/s1. The highest BCUT2D eigenvalue weighted by molar-refractivity contribution is 6.42. The van der Waals surface area contributed by atoms with Crippen molar-refractivity contribution in [2.75, 3.05) is 26.7 Å². The molecule has 24 heavy (non-hydrogen) atoms. The fourth-order valence-electron chi connectivity index (χ4n) is 4.24. The normalized spacial score (nSPS) is 28.6. The highest BCUT2D eigenvalue weighted by atomic mass is 35.5. The molecular weight excluding hydrogens is 347 g/mol. The second kappa shape index (κ2) is 6.83. The topological polar surface area (TPSA) is 43.8 Å². The molecule has 0 amide bonds. The Kier molecular flexibility index (Phi) is 5.12. The highest BCUT2D eigenvalue weighted by Gasteiger charge is 2.52. The predicted molar refractivity (Wildman–Crippen MR) is 96.8 cm³/mol. The van der Waals surface area contributed by atoms with Gasteiger partial charge in [-0.1, -0.05) is 35.3 Å². The number of piperidine rings is 2. The van der Waals surface area contributed by atoms with Gasteiger partial charge in [0.25, 0.3) is 0 Å². The molecule has 0 radical (unpaired) electrons. The van der Waals surface area contributed by atoms with E-state index in [-0.39, 0.29) is 6.04 Å². The number of fused-ring (bicyclic) bond motifs is 1. The number of carbonyl (C=O) groups is 1. The fourth-order valence-corrected chi connectivity index (χ4v) is 4.69. The summed E-state index contributed by atoms with van der Waals surface area (Å²) in [5.41, 5.74) is 1.38. The summed E-state index contributed by atoms with van der Waals surface area (Å²) in [6, 6.07) is 4.06. The van der Waals surface area contributed by atoms with Gasteiger partial charge in [0.1, 0.15) is 0 Å². The number of aryl methyl sites for hydroxylation is 1. The largest absolute Gasteiger partial charge is 0.481 e. The summed E-state index contributed by atoms with van der Waals surface area (Å²) >= 11 is 12.7. The van der Waals surface area contributed by atoms with Crippen molar-refractivity contribution in [1.82, 2.24) is 9.80 Å². The summed E-state index contributed by atoms with van der Waals surface area (Å²) in [5.74, 6) is -0.643. The minimum atomic E-state index is -0.643. The number of aliphatic carboxylic acids is 1. The number of hydrogen-bond donors (Lipinski definition) is 1. The Bertz CT molecular complexity index is 652. The van der Waals surface area contributed by atoms with Crippen LogP contribution in [-0.2, 0) is 11.3 Å². The molecule has 2 atom stereocenters. The van der Waals surface area contributed by atoms with Crippen molar-refractivity contribution in [3.63, 3.8) is 0 Å². The first-order chi connectivity index (χ1) is 11.3. The van der Waals surface area contributed by atoms with E-state index in [1.54, 1.807) is 0 Å². The van der Waals surface area contributed by atoms with E-state index in [0.717, 1.165) is 43.6 Å². The van der Waals surface area contributed by atoms with E-state index in [1.807, 2.05) is 26.1 Å². The molecule has 0 aromatic heterocycles. The van der Waals surface area contributed by atoms with Crippen LogP contribution in [0.3, 0.4) is 0 Å². The summed E-state index contributed by atoms with van der Waals surface area (Å²) < 4.78 is 0. The molecule has 1 N–H and O–H groups in total. The molecule has 2 heterocycles. The third-order valence-corrected chi connectivity index (χ3v) is 6.80. The Morgan fingerprint density at radius 2 is 2.04 bits per heavy atom. The van der Waals surface area contributed by atoms with Crippen molar-refractivity contribution in [2.45, 2.75) is 38.8 Å². The molecule has 2 saturated heterocycles. The smallest absolute Gasteiger partial charge is 0.311 e. The number of benzene rings is 1. The number of likely N-dealkylation sites (tertiary alicyclic amines) is 2. The maximum absolute atomic E-state index is 12.0. The molecule has 2 aliphatic rings. The van der Waals surface area contributed by atoms with Crippen LogP contribution < -0.4 is 0 Å². The van der Waals surface area contributed by atoms with Gasteiger partial charge in [-0.15, -0.1) is 0 Å². The molecule has 0 aliphatic carbocycles. The molecule has 132 valence electrons. The van der Waals surface area contributed by atoms with Crippen LogP contribution in [0.5, 0.6) is 0 Å². The molecule has 4 nitrogen and oxygen atoms in total. The molecule has 0 bridgehead atoms. The van der Waals surface area contributed by atoms with Gasteiger partial charge < -0.3 is 10.0 Å². The number of rotatable bonds is 3. The summed E-state index contributed by atoms with van der Waals surface area (Å²) in [6.07, 6.45) is 2.43. The fraction of sp³-hybridized carbons (Fsp3) is 0.611. The van der Waals surface area contributed by atoms with Crippen LogP contribution >= 0.6 is 23.2 Å². The van der Waals surface area contributed by atoms with Gasteiger partial charge in [-0.2, -0.15) is 0 Å². The van der Waals surface area contributed by atoms with Crippen LogP contribution in [0.25, 0.3) is 0 Å². The Morgan fingerprint density at radius 3 is 2.75 bits per heavy atom. The average molecular weight is 371 g/mol. The van der Waals surface area contributed by atoms with Crippen LogP contribution in [0.1, 0.15) is 30.4 Å². The number of nitrogens with zero attached hydrogens (tertiary/aromatic N) is 2. The Hall–Kier alpha value is -0.810. The van der Waals surface area contributed by atoms with Crippen molar-refractivity contribution in [3.8, 4) is 0 Å². The van der Waals surface area contributed by atoms with Gasteiger partial charge in [-0.3, -0.25) is 9.69 Å². The minimum Gasteiger partial charge on any atom is -0.481 e. The second-order valence-electron chi connectivity index (χ2n) is 7.22. The van der Waals surface area contributed by atoms with Crippen LogP contribution in [-0.4, -0.2) is 53.6 Å². The number of carboxylic acids is 1. The van der Waals surface area contributed by atoms with E-state index >= 15 is 0 Å². The van der Waals surface area contributed by atoms with Crippen molar-refractivity contribution in [1.29, 1.82) is 0 Å². The van der Waals surface area contributed by atoms with Gasteiger partial charge in [0.2, 0.25) is 0 Å². The molecule has 1 aromatic carbocycles. The number of likely N-dealkylation sites (N-methyl/N-ethyl adjacent to an activating group) is 1. The van der Waals surface area contributed by atoms with Gasteiger partial charge in [-0.25, -0.2) is 0 Å². The van der Waals surface area contributed by atoms with Crippen LogP contribution in [0, 0.1) is 12.3 Å². The average Bonchev–Trinajstić information content (AvgIpc) is 2.56. The SMILES string of the molecule is Cc1ccc(CN2CC[C@@]3(C(=O)O)CCCN(C)[C@@H]3C2)c(Cl)c1Cl. The summed E-state index contributed by atoms with van der Waals surface area (Å²) in [7, 11) is 2.04. The molecule has 0 saturated carbocycles. The number of hydrogen-bond acceptors (Lipinski definition) is 3. The maximum Gasteiger partial charge on any atom is 0.311 e. The molecule has 3 rings (SSSR count). The van der Waals surface area contributed by atoms with E-state index in [1.165, 1.54) is 0 Å². The molecule has 6 heteroatoms. The zero-order valence-corrected chi connectivity index (χ0v) is 15.7. The first-order valence-electron chi connectivity index (χ1n) is 8.44. The van der Waals surface area contributed by atoms with E-state index in [2.05, 4.69) is 9.80 Å². The Morgan fingerprint density at radius 1 is 1.29 bits per heavy atom. The number of halogens is 2. The summed E-state index contributed by atoms with van der Waals surface area (Å²) in [5, 5.41) is 11.1. The van der Waals surface area contributed by atoms with E-state index in [0.29, 0.717) is 23.0 Å². The van der Waals surface area contributed by atoms with Gasteiger partial charge in [0, 0.05) is 19.1 Å². The van der Waals surface area contributed by atoms with Gasteiger partial charge in [0.15, 0.2) is 0 Å². The van der Waals surface area contributed by atoms with Gasteiger partial charge in [-0.05, 0) is 57.5 Å². The van der Waals surface area contributed by atoms with Crippen LogP contribution in [0.4, 0.5) is 0 Å². The van der Waals surface area contributed by atoms with E-state index < -0.39 is 11.4 Å². The first-order valence-corrected chi connectivity index (χ1v) is 9.20. The van der Waals surface area contributed by atoms with E-state index in [4.69, 9.17) is 23.2 Å². The summed E-state index contributed by atoms with van der Waals surface area (Å²) in [4.78, 5) is 16.5. The zero-order valence-electron chi connectivity index (χ0n) is 14.2. The molecular formula is C18H24Cl2N2O2. The van der Waals surface area contributed by atoms with Crippen molar-refractivity contribution < 1.29 is 9.90 Å². The molecule has 0 unspecified atom stereocenters. The predicted octanol–water partition coefficient (Wildman–Crippen LogP) is 3.67. The zero-order chi connectivity index (χ0) is 17.5. The monoisotopic (exact) mass is 370 g/mol. The van der Waals surface area contributed by atoms with Gasteiger partial charge >= 0.3 is 5.97 Å². The lowest BCUT2D eigenvalue weighted by Crippen LogP contribution is -2.62. The maximum atomic E-state index is 12.0. The first kappa shape index (κ1) is 18.0. The lowest BCUT2D eigenvalue weighted by molar-refractivity contribution is -0.162. The molecule has 1 aromatic rings. The minimum absolute atomic E-state index is 0.0530. The molecule has 2 fully saturated rings. The lowest BCUT2D eigenvalue weighted by Gasteiger charge is -2.51. The molecule has 0 spiro atoms. The Balaban J connectivity index is 1.79. The summed E-state index contributed by atoms with van der Waals surface area (Å²) in [6.45, 7) is 5.14. The number of carboxylic acid groups (broad SMARTS) is 1. The quantitative estimate of drug-likeness (QED) is 0.881. The third-order valence-electron chi connectivity index (χ3n) is 5.78. The van der Waals surface area contributed by atoms with E-state index in [9.17, 15) is 9.90 Å². The lowest BCUT2D eigenvalue weighted by atomic mass is 9.68. The van der Waals surface area contributed by atoms with Crippen LogP contribution in [0.15, 0.2) is 12.1 Å². The van der Waals surface area contributed by atoms with Crippen LogP contribution in [0.2, 0.25) is 10.0 Å². The highest BCUT2D eigenvalue weighted by Crippen LogP contribution is 2.42. The van der Waals surface area contributed by atoms with Crippen molar-refractivity contribution >= 4 is 29.2 Å². The van der Waals surface area contributed by atoms with Crippen molar-refractivity contribution in [3.05, 3.63) is 33.3 Å². The second-order valence-corrected chi connectivity index (χ2v) is 7.97. The molecule has 2 aliphatic heterocycles. The van der Waals surface area contributed by atoms with Crippen molar-refractivity contribution in [2.24, 2.45) is 5.41 Å².